The zero-order valence-corrected chi connectivity index (χ0v) is 14.5. The molecule has 0 bridgehead atoms. The Balaban J connectivity index is 1.67. The van der Waals surface area contributed by atoms with E-state index in [1.54, 1.807) is 41.4 Å². The zero-order valence-electron chi connectivity index (χ0n) is 13.7. The molecular formula is C20H15ClFN3O. The standard InChI is InChI=1S/C20H15ClFN3O/c21-14-7-6-13-8-10-25(18(13)11-14)20(26)17-5-2-9-23-19(17)24-16-4-1-3-15(22)12-16/h1-7,9,11-12H,8,10H2,(H,23,24). The summed E-state index contributed by atoms with van der Waals surface area (Å²) in [6.45, 7) is 0.586. The van der Waals surface area contributed by atoms with Crippen LogP contribution >= 0.6 is 11.6 Å². The predicted octanol–water partition coefficient (Wildman–Crippen LogP) is 4.82. The number of rotatable bonds is 3. The molecule has 0 atom stereocenters. The van der Waals surface area contributed by atoms with E-state index in [0.717, 1.165) is 17.7 Å². The molecule has 1 aliphatic heterocycles. The Bertz CT molecular complexity index is 992. The van der Waals surface area contributed by atoms with Gasteiger partial charge in [-0.3, -0.25) is 4.79 Å². The second-order valence-electron chi connectivity index (χ2n) is 6.01. The number of pyridine rings is 1. The third kappa shape index (κ3) is 3.13. The number of carbonyl (C=O) groups excluding carboxylic acids is 1. The van der Waals surface area contributed by atoms with Gasteiger partial charge in [0.05, 0.1) is 5.56 Å². The lowest BCUT2D eigenvalue weighted by atomic mass is 10.1. The van der Waals surface area contributed by atoms with Gasteiger partial charge in [0.25, 0.3) is 5.91 Å². The zero-order chi connectivity index (χ0) is 18.1. The Morgan fingerprint density at radius 3 is 2.88 bits per heavy atom. The molecule has 0 radical (unpaired) electrons. The van der Waals surface area contributed by atoms with E-state index in [9.17, 15) is 9.18 Å². The lowest BCUT2D eigenvalue weighted by molar-refractivity contribution is 0.0990. The summed E-state index contributed by atoms with van der Waals surface area (Å²) in [6.07, 6.45) is 2.37. The number of nitrogens with one attached hydrogen (secondary N) is 1. The van der Waals surface area contributed by atoms with E-state index < -0.39 is 0 Å². The molecule has 0 unspecified atom stereocenters. The van der Waals surface area contributed by atoms with Crippen molar-refractivity contribution in [1.82, 2.24) is 4.98 Å². The first kappa shape index (κ1) is 16.5. The van der Waals surface area contributed by atoms with Crippen molar-refractivity contribution in [1.29, 1.82) is 0 Å². The number of amides is 1. The topological polar surface area (TPSA) is 45.2 Å². The number of anilines is 3. The fourth-order valence-corrected chi connectivity index (χ4v) is 3.26. The van der Waals surface area contributed by atoms with E-state index >= 15 is 0 Å². The van der Waals surface area contributed by atoms with Crippen LogP contribution in [0.5, 0.6) is 0 Å². The van der Waals surface area contributed by atoms with Crippen LogP contribution in [0.3, 0.4) is 0 Å². The molecule has 0 fully saturated rings. The minimum Gasteiger partial charge on any atom is -0.339 e. The third-order valence-corrected chi connectivity index (χ3v) is 4.55. The first-order valence-corrected chi connectivity index (χ1v) is 8.57. The molecule has 0 spiro atoms. The van der Waals surface area contributed by atoms with Crippen LogP contribution in [-0.2, 0) is 6.42 Å². The van der Waals surface area contributed by atoms with Gasteiger partial charge < -0.3 is 10.2 Å². The highest BCUT2D eigenvalue weighted by Gasteiger charge is 2.27. The quantitative estimate of drug-likeness (QED) is 0.721. The van der Waals surface area contributed by atoms with Gasteiger partial charge in [-0.1, -0.05) is 23.7 Å². The minimum absolute atomic E-state index is 0.169. The second kappa shape index (κ2) is 6.77. The summed E-state index contributed by atoms with van der Waals surface area (Å²) in [7, 11) is 0. The van der Waals surface area contributed by atoms with Gasteiger partial charge >= 0.3 is 0 Å². The van der Waals surface area contributed by atoms with Crippen LogP contribution in [0, 0.1) is 5.82 Å². The summed E-state index contributed by atoms with van der Waals surface area (Å²) in [5, 5.41) is 3.62. The second-order valence-corrected chi connectivity index (χ2v) is 6.45. The molecule has 1 amide bonds. The maximum Gasteiger partial charge on any atom is 0.262 e. The summed E-state index contributed by atoms with van der Waals surface area (Å²) in [4.78, 5) is 19.1. The lowest BCUT2D eigenvalue weighted by Gasteiger charge is -2.19. The summed E-state index contributed by atoms with van der Waals surface area (Å²) in [5.41, 5.74) is 2.86. The van der Waals surface area contributed by atoms with Crippen LogP contribution in [0.15, 0.2) is 60.8 Å². The molecule has 130 valence electrons. The van der Waals surface area contributed by atoms with Crippen molar-refractivity contribution in [3.8, 4) is 0 Å². The van der Waals surface area contributed by atoms with E-state index in [4.69, 9.17) is 11.6 Å². The summed E-state index contributed by atoms with van der Waals surface area (Å²) >= 11 is 6.09. The van der Waals surface area contributed by atoms with Crippen LogP contribution in [0.1, 0.15) is 15.9 Å². The fraction of sp³-hybridized carbons (Fsp3) is 0.100. The van der Waals surface area contributed by atoms with Crippen LogP contribution in [0.4, 0.5) is 21.6 Å². The smallest absolute Gasteiger partial charge is 0.262 e. The van der Waals surface area contributed by atoms with Gasteiger partial charge in [0.2, 0.25) is 0 Å². The monoisotopic (exact) mass is 367 g/mol. The lowest BCUT2D eigenvalue weighted by Crippen LogP contribution is -2.29. The highest BCUT2D eigenvalue weighted by Crippen LogP contribution is 2.33. The number of fused-ring (bicyclic) bond motifs is 1. The van der Waals surface area contributed by atoms with Crippen LogP contribution in [0.25, 0.3) is 0 Å². The average molecular weight is 368 g/mol. The molecule has 26 heavy (non-hydrogen) atoms. The van der Waals surface area contributed by atoms with Gasteiger partial charge in [-0.05, 0) is 54.4 Å². The largest absolute Gasteiger partial charge is 0.339 e. The highest BCUT2D eigenvalue weighted by molar-refractivity contribution is 6.31. The fourth-order valence-electron chi connectivity index (χ4n) is 3.09. The van der Waals surface area contributed by atoms with Gasteiger partial charge in [-0.15, -0.1) is 0 Å². The molecule has 2 aromatic carbocycles. The Kier molecular flexibility index (Phi) is 4.31. The number of nitrogens with zero attached hydrogens (tertiary/aromatic N) is 2. The van der Waals surface area contributed by atoms with E-state index in [2.05, 4.69) is 10.3 Å². The molecule has 4 nitrogen and oxygen atoms in total. The molecule has 6 heteroatoms. The Labute approximate surface area is 155 Å². The Morgan fingerprint density at radius 1 is 1.15 bits per heavy atom. The van der Waals surface area contributed by atoms with Crippen molar-refractivity contribution in [2.45, 2.75) is 6.42 Å². The SMILES string of the molecule is O=C(c1cccnc1Nc1cccc(F)c1)N1CCc2ccc(Cl)cc21. The van der Waals surface area contributed by atoms with Gasteiger partial charge in [0, 0.05) is 29.1 Å². The normalized spacial score (nSPS) is 12.8. The molecule has 2 heterocycles. The molecule has 4 rings (SSSR count). The summed E-state index contributed by atoms with van der Waals surface area (Å²) in [6, 6.07) is 15.0. The maximum absolute atomic E-state index is 13.4. The molecular weight excluding hydrogens is 353 g/mol. The summed E-state index contributed by atoms with van der Waals surface area (Å²) < 4.78 is 13.4. The third-order valence-electron chi connectivity index (χ3n) is 4.31. The number of carbonyl (C=O) groups is 1. The number of hydrogen-bond acceptors (Lipinski definition) is 3. The number of benzene rings is 2. The van der Waals surface area contributed by atoms with Crippen molar-refractivity contribution in [2.75, 3.05) is 16.8 Å². The number of aromatic nitrogens is 1. The van der Waals surface area contributed by atoms with Crippen LogP contribution < -0.4 is 10.2 Å². The molecule has 1 aliphatic rings. The molecule has 0 saturated carbocycles. The molecule has 0 aliphatic carbocycles. The average Bonchev–Trinajstić information content (AvgIpc) is 3.04. The van der Waals surface area contributed by atoms with Crippen LogP contribution in [0.2, 0.25) is 5.02 Å². The first-order chi connectivity index (χ1) is 12.6. The first-order valence-electron chi connectivity index (χ1n) is 8.20. The molecule has 1 N–H and O–H groups in total. The van der Waals surface area contributed by atoms with Crippen molar-refractivity contribution < 1.29 is 9.18 Å². The molecule has 1 aromatic heterocycles. The predicted molar refractivity (Wildman–Crippen MR) is 101 cm³/mol. The van der Waals surface area contributed by atoms with Crippen molar-refractivity contribution >= 4 is 34.7 Å². The minimum atomic E-state index is -0.359. The highest BCUT2D eigenvalue weighted by atomic mass is 35.5. The molecule has 3 aromatic rings. The van der Waals surface area contributed by atoms with E-state index in [-0.39, 0.29) is 11.7 Å². The van der Waals surface area contributed by atoms with E-state index in [1.165, 1.54) is 12.1 Å². The maximum atomic E-state index is 13.4. The molecule has 0 saturated heterocycles. The van der Waals surface area contributed by atoms with Gasteiger partial charge in [-0.2, -0.15) is 0 Å². The van der Waals surface area contributed by atoms with Gasteiger partial charge in [0.1, 0.15) is 11.6 Å². The number of halogens is 2. The summed E-state index contributed by atoms with van der Waals surface area (Å²) in [5.74, 6) is -0.140. The Morgan fingerprint density at radius 2 is 2.04 bits per heavy atom. The van der Waals surface area contributed by atoms with E-state index in [0.29, 0.717) is 28.6 Å². The van der Waals surface area contributed by atoms with Crippen molar-refractivity contribution in [3.05, 3.63) is 82.8 Å². The van der Waals surface area contributed by atoms with Gasteiger partial charge in [0.15, 0.2) is 0 Å². The van der Waals surface area contributed by atoms with Crippen molar-refractivity contribution in [2.24, 2.45) is 0 Å². The van der Waals surface area contributed by atoms with Gasteiger partial charge in [-0.25, -0.2) is 9.37 Å². The van der Waals surface area contributed by atoms with E-state index in [1.807, 2.05) is 12.1 Å². The Hall–Kier alpha value is -2.92. The van der Waals surface area contributed by atoms with Crippen molar-refractivity contribution in [3.63, 3.8) is 0 Å². The van der Waals surface area contributed by atoms with Crippen LogP contribution in [-0.4, -0.2) is 17.4 Å². The number of hydrogen-bond donors (Lipinski definition) is 1.